The van der Waals surface area contributed by atoms with E-state index >= 15 is 0 Å². The van der Waals surface area contributed by atoms with Crippen LogP contribution in [0.1, 0.15) is 32.0 Å². The normalized spacial score (nSPS) is 11.9. The lowest BCUT2D eigenvalue weighted by Gasteiger charge is -2.20. The summed E-state index contributed by atoms with van der Waals surface area (Å²) in [5.74, 6) is 0. The van der Waals surface area contributed by atoms with Crippen molar-refractivity contribution >= 4 is 11.6 Å². The minimum Gasteiger partial charge on any atom is -0.267 e. The molecule has 0 unspecified atom stereocenters. The zero-order chi connectivity index (χ0) is 13.5. The van der Waals surface area contributed by atoms with Gasteiger partial charge in [0.2, 0.25) is 0 Å². The van der Waals surface area contributed by atoms with E-state index in [0.29, 0.717) is 0 Å². The molecule has 0 aliphatic rings. The van der Waals surface area contributed by atoms with E-state index in [9.17, 15) is 0 Å². The Hall–Kier alpha value is -1.28. The first-order valence-electron chi connectivity index (χ1n) is 6.10. The van der Waals surface area contributed by atoms with Crippen LogP contribution >= 0.6 is 11.6 Å². The number of benzene rings is 1. The molecule has 96 valence electrons. The number of hydrogen-bond acceptors (Lipinski definition) is 1. The number of rotatable bonds is 1. The van der Waals surface area contributed by atoms with Crippen LogP contribution in [-0.4, -0.2) is 9.78 Å². The highest BCUT2D eigenvalue weighted by Gasteiger charge is 2.25. The molecule has 1 aromatic carbocycles. The van der Waals surface area contributed by atoms with Crippen molar-refractivity contribution in [3.8, 4) is 11.3 Å². The summed E-state index contributed by atoms with van der Waals surface area (Å²) in [5, 5.41) is 5.32. The molecule has 0 bridgehead atoms. The maximum Gasteiger partial charge on any atom is 0.0719 e. The molecule has 1 heterocycles. The molecule has 0 amide bonds. The molecule has 3 heteroatoms. The summed E-state index contributed by atoms with van der Waals surface area (Å²) in [7, 11) is 1.99. The topological polar surface area (TPSA) is 17.8 Å². The molecule has 0 spiro atoms. The van der Waals surface area contributed by atoms with E-state index in [0.717, 1.165) is 16.3 Å². The van der Waals surface area contributed by atoms with Gasteiger partial charge in [0.25, 0.3) is 0 Å². The zero-order valence-electron chi connectivity index (χ0n) is 11.6. The van der Waals surface area contributed by atoms with E-state index in [1.165, 1.54) is 11.3 Å². The second-order valence-electron chi connectivity index (χ2n) is 5.69. The fourth-order valence-corrected chi connectivity index (χ4v) is 2.62. The fourth-order valence-electron chi connectivity index (χ4n) is 2.49. The lowest BCUT2D eigenvalue weighted by molar-refractivity contribution is 0.587. The van der Waals surface area contributed by atoms with E-state index in [2.05, 4.69) is 32.8 Å². The second kappa shape index (κ2) is 4.43. The Balaban J connectivity index is 2.67. The summed E-state index contributed by atoms with van der Waals surface area (Å²) in [6.07, 6.45) is 0. The Morgan fingerprint density at radius 1 is 1.11 bits per heavy atom. The average Bonchev–Trinajstić information content (AvgIpc) is 2.54. The third kappa shape index (κ3) is 2.30. The molecule has 0 aliphatic carbocycles. The van der Waals surface area contributed by atoms with Gasteiger partial charge in [-0.2, -0.15) is 5.10 Å². The highest BCUT2D eigenvalue weighted by Crippen LogP contribution is 2.35. The zero-order valence-corrected chi connectivity index (χ0v) is 12.3. The molecular formula is C15H19ClN2. The molecule has 0 N–H and O–H groups in total. The van der Waals surface area contributed by atoms with Gasteiger partial charge in [-0.25, -0.2) is 0 Å². The predicted octanol–water partition coefficient (Wildman–Crippen LogP) is 4.35. The Kier molecular flexibility index (Phi) is 3.24. The average molecular weight is 263 g/mol. The summed E-state index contributed by atoms with van der Waals surface area (Å²) in [6, 6.07) is 7.94. The minimum atomic E-state index is 0.0767. The maximum atomic E-state index is 5.95. The Bertz CT molecular complexity index is 559. The summed E-state index contributed by atoms with van der Waals surface area (Å²) in [6.45, 7) is 8.73. The van der Waals surface area contributed by atoms with Gasteiger partial charge in [0.1, 0.15) is 0 Å². The van der Waals surface area contributed by atoms with E-state index in [1.54, 1.807) is 0 Å². The van der Waals surface area contributed by atoms with Crippen LogP contribution in [0.15, 0.2) is 24.3 Å². The van der Waals surface area contributed by atoms with E-state index in [-0.39, 0.29) is 5.41 Å². The molecule has 0 atom stereocenters. The fraction of sp³-hybridized carbons (Fsp3) is 0.400. The maximum absolute atomic E-state index is 5.95. The third-order valence-electron chi connectivity index (χ3n) is 3.09. The molecule has 2 nitrogen and oxygen atoms in total. The summed E-state index contributed by atoms with van der Waals surface area (Å²) in [4.78, 5) is 0. The number of aromatic nitrogens is 2. The van der Waals surface area contributed by atoms with Crippen LogP contribution in [0.5, 0.6) is 0 Å². The number of hydrogen-bond donors (Lipinski definition) is 0. The van der Waals surface area contributed by atoms with Crippen LogP contribution in [0.25, 0.3) is 11.3 Å². The summed E-state index contributed by atoms with van der Waals surface area (Å²) >= 11 is 5.95. The molecule has 2 aromatic rings. The third-order valence-corrected chi connectivity index (χ3v) is 3.34. The van der Waals surface area contributed by atoms with Crippen molar-refractivity contribution in [1.29, 1.82) is 0 Å². The van der Waals surface area contributed by atoms with Crippen molar-refractivity contribution in [3.63, 3.8) is 0 Å². The van der Waals surface area contributed by atoms with Crippen molar-refractivity contribution in [2.24, 2.45) is 7.05 Å². The monoisotopic (exact) mass is 262 g/mol. The molecular weight excluding hydrogens is 244 g/mol. The largest absolute Gasteiger partial charge is 0.267 e. The van der Waals surface area contributed by atoms with Crippen LogP contribution in [0, 0.1) is 6.92 Å². The van der Waals surface area contributed by atoms with Crippen LogP contribution in [0.3, 0.4) is 0 Å². The Morgan fingerprint density at radius 3 is 2.17 bits per heavy atom. The first-order chi connectivity index (χ1) is 8.30. The first kappa shape index (κ1) is 13.2. The Morgan fingerprint density at radius 2 is 1.67 bits per heavy atom. The van der Waals surface area contributed by atoms with E-state index < -0.39 is 0 Å². The number of halogens is 1. The van der Waals surface area contributed by atoms with Crippen molar-refractivity contribution < 1.29 is 0 Å². The van der Waals surface area contributed by atoms with Gasteiger partial charge in [-0.15, -0.1) is 0 Å². The molecule has 1 aromatic heterocycles. The van der Waals surface area contributed by atoms with Crippen molar-refractivity contribution in [3.05, 3.63) is 40.5 Å². The molecule has 0 aliphatic heterocycles. The molecule has 2 rings (SSSR count). The molecule has 0 fully saturated rings. The Labute approximate surface area is 114 Å². The SMILES string of the molecule is Cc1nn(C)c(-c2ccc(Cl)cc2)c1C(C)(C)C. The lowest BCUT2D eigenvalue weighted by atomic mass is 9.84. The van der Waals surface area contributed by atoms with Crippen molar-refractivity contribution in [2.75, 3.05) is 0 Å². The second-order valence-corrected chi connectivity index (χ2v) is 6.13. The lowest BCUT2D eigenvalue weighted by Crippen LogP contribution is -2.13. The molecule has 0 saturated heterocycles. The van der Waals surface area contributed by atoms with Gasteiger partial charge in [0.05, 0.1) is 11.4 Å². The predicted molar refractivity (Wildman–Crippen MR) is 77.1 cm³/mol. The number of aryl methyl sites for hydroxylation is 2. The number of nitrogens with zero attached hydrogens (tertiary/aromatic N) is 2. The van der Waals surface area contributed by atoms with Gasteiger partial charge < -0.3 is 0 Å². The van der Waals surface area contributed by atoms with Crippen LogP contribution < -0.4 is 0 Å². The molecule has 18 heavy (non-hydrogen) atoms. The summed E-state index contributed by atoms with van der Waals surface area (Å²) in [5.41, 5.74) is 4.80. The van der Waals surface area contributed by atoms with Gasteiger partial charge in [-0.1, -0.05) is 44.5 Å². The van der Waals surface area contributed by atoms with E-state index in [1.807, 2.05) is 36.0 Å². The highest BCUT2D eigenvalue weighted by molar-refractivity contribution is 6.30. The quantitative estimate of drug-likeness (QED) is 0.747. The van der Waals surface area contributed by atoms with Gasteiger partial charge in [-0.05, 0) is 24.5 Å². The standard InChI is InChI=1S/C15H19ClN2/c1-10-13(15(2,3)4)14(18(5)17-10)11-6-8-12(16)9-7-11/h6-9H,1-5H3. The molecule has 0 radical (unpaired) electrons. The smallest absolute Gasteiger partial charge is 0.0719 e. The van der Waals surface area contributed by atoms with Crippen LogP contribution in [0.4, 0.5) is 0 Å². The van der Waals surface area contributed by atoms with Crippen LogP contribution in [-0.2, 0) is 12.5 Å². The minimum absolute atomic E-state index is 0.0767. The van der Waals surface area contributed by atoms with Gasteiger partial charge in [0, 0.05) is 23.2 Å². The van der Waals surface area contributed by atoms with Crippen molar-refractivity contribution in [1.82, 2.24) is 9.78 Å². The van der Waals surface area contributed by atoms with Gasteiger partial charge >= 0.3 is 0 Å². The van der Waals surface area contributed by atoms with Crippen molar-refractivity contribution in [2.45, 2.75) is 33.1 Å². The van der Waals surface area contributed by atoms with Crippen LogP contribution in [0.2, 0.25) is 5.02 Å². The highest BCUT2D eigenvalue weighted by atomic mass is 35.5. The van der Waals surface area contributed by atoms with Gasteiger partial charge in [-0.3, -0.25) is 4.68 Å². The van der Waals surface area contributed by atoms with E-state index in [4.69, 9.17) is 11.6 Å². The summed E-state index contributed by atoms with van der Waals surface area (Å²) < 4.78 is 1.96. The van der Waals surface area contributed by atoms with Gasteiger partial charge in [0.15, 0.2) is 0 Å². The first-order valence-corrected chi connectivity index (χ1v) is 6.48. The molecule has 0 saturated carbocycles.